The third-order valence-electron chi connectivity index (χ3n) is 3.82. The molecule has 6 nitrogen and oxygen atoms in total. The molecule has 2 aromatic carbocycles. The zero-order valence-corrected chi connectivity index (χ0v) is 13.2. The minimum absolute atomic E-state index is 0.0413. The molecule has 0 bridgehead atoms. The van der Waals surface area contributed by atoms with Crippen LogP contribution in [-0.4, -0.2) is 22.6 Å². The van der Waals surface area contributed by atoms with Gasteiger partial charge in [-0.25, -0.2) is 4.98 Å². The van der Waals surface area contributed by atoms with Gasteiger partial charge >= 0.3 is 0 Å². The zero-order valence-electron chi connectivity index (χ0n) is 13.2. The molecule has 0 unspecified atom stereocenters. The van der Waals surface area contributed by atoms with Gasteiger partial charge < -0.3 is 20.5 Å². The summed E-state index contributed by atoms with van der Waals surface area (Å²) >= 11 is 0. The van der Waals surface area contributed by atoms with Crippen molar-refractivity contribution in [2.24, 2.45) is 0 Å². The molecular weight excluding hydrogens is 318 g/mol. The van der Waals surface area contributed by atoms with Crippen LogP contribution < -0.4 is 15.4 Å². The van der Waals surface area contributed by atoms with E-state index >= 15 is 0 Å². The lowest BCUT2D eigenvalue weighted by Gasteiger charge is -2.18. The molecule has 0 spiro atoms. The van der Waals surface area contributed by atoms with Crippen LogP contribution in [-0.2, 0) is 4.79 Å². The summed E-state index contributed by atoms with van der Waals surface area (Å²) in [5.74, 6) is 1.34. The average molecular weight is 333 g/mol. The molecule has 124 valence electrons. The van der Waals surface area contributed by atoms with Crippen molar-refractivity contribution in [3.63, 3.8) is 0 Å². The van der Waals surface area contributed by atoms with Crippen LogP contribution in [0.1, 0.15) is 0 Å². The molecule has 4 rings (SSSR count). The van der Waals surface area contributed by atoms with Gasteiger partial charge in [0.1, 0.15) is 17.3 Å². The van der Waals surface area contributed by atoms with E-state index < -0.39 is 0 Å². The molecule has 3 N–H and O–H groups in total. The van der Waals surface area contributed by atoms with E-state index in [4.69, 9.17) is 4.74 Å². The average Bonchev–Trinajstić information content (AvgIpc) is 2.61. The molecule has 1 amide bonds. The van der Waals surface area contributed by atoms with Gasteiger partial charge in [0, 0.05) is 18.0 Å². The van der Waals surface area contributed by atoms with Crippen molar-refractivity contribution in [3.05, 3.63) is 60.8 Å². The van der Waals surface area contributed by atoms with Gasteiger partial charge in [-0.2, -0.15) is 0 Å². The topological polar surface area (TPSA) is 83.5 Å². The summed E-state index contributed by atoms with van der Waals surface area (Å²) in [5, 5.41) is 15.5. The lowest BCUT2D eigenvalue weighted by Crippen LogP contribution is -2.25. The Bertz CT molecular complexity index is 956. The Balaban J connectivity index is 1.63. The van der Waals surface area contributed by atoms with Gasteiger partial charge in [-0.3, -0.25) is 4.79 Å². The first kappa shape index (κ1) is 15.0. The van der Waals surface area contributed by atoms with E-state index in [2.05, 4.69) is 15.6 Å². The molecule has 1 aliphatic rings. The van der Waals surface area contributed by atoms with Crippen LogP contribution in [0.4, 0.5) is 17.2 Å². The first-order chi connectivity index (χ1) is 12.2. The van der Waals surface area contributed by atoms with Crippen LogP contribution in [0.15, 0.2) is 60.8 Å². The number of hydrogen-bond acceptors (Lipinski definition) is 5. The Kier molecular flexibility index (Phi) is 3.70. The molecular formula is C19H15N3O3. The van der Waals surface area contributed by atoms with E-state index in [1.165, 1.54) is 0 Å². The van der Waals surface area contributed by atoms with Crippen molar-refractivity contribution >= 4 is 23.1 Å². The van der Waals surface area contributed by atoms with Crippen LogP contribution in [0.3, 0.4) is 0 Å². The van der Waals surface area contributed by atoms with E-state index in [0.717, 1.165) is 16.8 Å². The standard InChI is InChI=1S/C19H15N3O3/c23-15-3-1-2-14(10-15)21-18-9-13(6-7-20-18)12-4-5-17-16(8-12)22-19(24)11-25-17/h1-10,23H,11H2,(H,20,21)(H,22,24). The van der Waals surface area contributed by atoms with Crippen molar-refractivity contribution in [1.82, 2.24) is 4.98 Å². The normalized spacial score (nSPS) is 12.7. The van der Waals surface area contributed by atoms with Gasteiger partial charge in [-0.15, -0.1) is 0 Å². The van der Waals surface area contributed by atoms with Crippen LogP contribution in [0.5, 0.6) is 11.5 Å². The number of carbonyl (C=O) groups excluding carboxylic acids is 1. The number of phenolic OH excluding ortho intramolecular Hbond substituents is 1. The summed E-state index contributed by atoms with van der Waals surface area (Å²) in [4.78, 5) is 15.8. The van der Waals surface area contributed by atoms with Crippen molar-refractivity contribution in [1.29, 1.82) is 0 Å². The Morgan fingerprint density at radius 3 is 2.84 bits per heavy atom. The fraction of sp³-hybridized carbons (Fsp3) is 0.0526. The molecule has 0 radical (unpaired) electrons. The van der Waals surface area contributed by atoms with Gasteiger partial charge in [0.15, 0.2) is 6.61 Å². The number of nitrogens with zero attached hydrogens (tertiary/aromatic N) is 1. The summed E-state index contributed by atoms with van der Waals surface area (Å²) in [6.07, 6.45) is 1.70. The fourth-order valence-corrected chi connectivity index (χ4v) is 2.67. The van der Waals surface area contributed by atoms with E-state index in [9.17, 15) is 9.90 Å². The summed E-state index contributed by atoms with van der Waals surface area (Å²) in [7, 11) is 0. The highest BCUT2D eigenvalue weighted by Crippen LogP contribution is 2.33. The van der Waals surface area contributed by atoms with E-state index in [-0.39, 0.29) is 18.3 Å². The molecule has 1 aromatic heterocycles. The number of carbonyl (C=O) groups is 1. The third kappa shape index (κ3) is 3.23. The van der Waals surface area contributed by atoms with Crippen molar-refractivity contribution < 1.29 is 14.6 Å². The number of ether oxygens (including phenoxy) is 1. The Morgan fingerprint density at radius 1 is 1.08 bits per heavy atom. The highest BCUT2D eigenvalue weighted by molar-refractivity contribution is 5.96. The van der Waals surface area contributed by atoms with Crippen molar-refractivity contribution in [2.45, 2.75) is 0 Å². The predicted molar refractivity (Wildman–Crippen MR) is 95.2 cm³/mol. The number of aromatic hydroxyl groups is 1. The number of nitrogens with one attached hydrogen (secondary N) is 2. The first-order valence-electron chi connectivity index (χ1n) is 7.76. The van der Waals surface area contributed by atoms with Gasteiger partial charge in [0.05, 0.1) is 5.69 Å². The quantitative estimate of drug-likeness (QED) is 0.683. The molecule has 1 aliphatic heterocycles. The molecule has 6 heteroatoms. The monoisotopic (exact) mass is 333 g/mol. The number of fused-ring (bicyclic) bond motifs is 1. The molecule has 0 saturated carbocycles. The molecule has 0 fully saturated rings. The zero-order chi connectivity index (χ0) is 17.2. The highest BCUT2D eigenvalue weighted by atomic mass is 16.5. The molecule has 2 heterocycles. The molecule has 0 aliphatic carbocycles. The SMILES string of the molecule is O=C1COc2ccc(-c3ccnc(Nc4cccc(O)c4)c3)cc2N1. The van der Waals surface area contributed by atoms with E-state index in [1.54, 1.807) is 24.4 Å². The van der Waals surface area contributed by atoms with Crippen LogP contribution in [0, 0.1) is 0 Å². The first-order valence-corrected chi connectivity index (χ1v) is 7.76. The van der Waals surface area contributed by atoms with Crippen LogP contribution >= 0.6 is 0 Å². The van der Waals surface area contributed by atoms with Gasteiger partial charge in [-0.05, 0) is 47.5 Å². The summed E-state index contributed by atoms with van der Waals surface area (Å²) < 4.78 is 5.38. The fourth-order valence-electron chi connectivity index (χ4n) is 2.67. The van der Waals surface area contributed by atoms with E-state index in [1.807, 2.05) is 36.4 Å². The largest absolute Gasteiger partial charge is 0.508 e. The summed E-state index contributed by atoms with van der Waals surface area (Å²) in [6.45, 7) is 0.0413. The van der Waals surface area contributed by atoms with Crippen LogP contribution in [0.2, 0.25) is 0 Å². The lowest BCUT2D eigenvalue weighted by atomic mass is 10.1. The third-order valence-corrected chi connectivity index (χ3v) is 3.82. The summed E-state index contributed by atoms with van der Waals surface area (Å²) in [5.41, 5.74) is 3.29. The minimum Gasteiger partial charge on any atom is -0.508 e. The maximum absolute atomic E-state index is 11.5. The predicted octanol–water partition coefficient (Wildman–Crippen LogP) is 3.53. The number of pyridine rings is 1. The minimum atomic E-state index is -0.161. The molecule has 25 heavy (non-hydrogen) atoms. The smallest absolute Gasteiger partial charge is 0.262 e. The maximum Gasteiger partial charge on any atom is 0.262 e. The number of hydrogen-bond donors (Lipinski definition) is 3. The molecule has 3 aromatic rings. The number of rotatable bonds is 3. The maximum atomic E-state index is 11.5. The van der Waals surface area contributed by atoms with E-state index in [0.29, 0.717) is 17.3 Å². The van der Waals surface area contributed by atoms with Crippen LogP contribution in [0.25, 0.3) is 11.1 Å². The Morgan fingerprint density at radius 2 is 1.96 bits per heavy atom. The number of benzene rings is 2. The van der Waals surface area contributed by atoms with Gasteiger partial charge in [-0.1, -0.05) is 12.1 Å². The Labute approximate surface area is 144 Å². The number of anilines is 3. The lowest BCUT2D eigenvalue weighted by molar-refractivity contribution is -0.118. The van der Waals surface area contributed by atoms with Crippen molar-refractivity contribution in [3.8, 4) is 22.6 Å². The van der Waals surface area contributed by atoms with Gasteiger partial charge in [0.2, 0.25) is 0 Å². The number of phenols is 1. The Hall–Kier alpha value is -3.54. The second-order valence-corrected chi connectivity index (χ2v) is 5.65. The molecule has 0 atom stereocenters. The van der Waals surface area contributed by atoms with Crippen molar-refractivity contribution in [2.75, 3.05) is 17.2 Å². The van der Waals surface area contributed by atoms with Gasteiger partial charge in [0.25, 0.3) is 5.91 Å². The number of aromatic nitrogens is 1. The second kappa shape index (κ2) is 6.16. The molecule has 0 saturated heterocycles. The highest BCUT2D eigenvalue weighted by Gasteiger charge is 2.16. The second-order valence-electron chi connectivity index (χ2n) is 5.65. The summed E-state index contributed by atoms with van der Waals surface area (Å²) in [6, 6.07) is 16.3. The number of amides is 1.